The Balaban J connectivity index is 1.75. The van der Waals surface area contributed by atoms with Gasteiger partial charge in [0.05, 0.1) is 12.7 Å². The van der Waals surface area contributed by atoms with Gasteiger partial charge in [0.25, 0.3) is 5.56 Å². The van der Waals surface area contributed by atoms with Crippen molar-refractivity contribution in [1.29, 1.82) is 0 Å². The highest BCUT2D eigenvalue weighted by atomic mass is 79.9. The third-order valence-corrected chi connectivity index (χ3v) is 4.66. The Labute approximate surface area is 133 Å². The van der Waals surface area contributed by atoms with Crippen molar-refractivity contribution in [2.24, 2.45) is 0 Å². The predicted octanol–water partition coefficient (Wildman–Crippen LogP) is 4.10. The van der Waals surface area contributed by atoms with Crippen LogP contribution >= 0.6 is 15.9 Å². The van der Waals surface area contributed by atoms with Gasteiger partial charge in [-0.1, -0.05) is 43.5 Å². The van der Waals surface area contributed by atoms with Gasteiger partial charge in [0.2, 0.25) is 0 Å². The number of benzene rings is 1. The summed E-state index contributed by atoms with van der Waals surface area (Å²) in [4.78, 5) is 15.7. The molecule has 1 aliphatic carbocycles. The van der Waals surface area contributed by atoms with Gasteiger partial charge in [-0.05, 0) is 45.8 Å². The Bertz CT molecular complexity index is 657. The van der Waals surface area contributed by atoms with Crippen LogP contribution < -0.4 is 5.56 Å². The number of aromatic nitrogens is 2. The summed E-state index contributed by atoms with van der Waals surface area (Å²) in [5, 5.41) is 0. The van der Waals surface area contributed by atoms with E-state index in [9.17, 15) is 4.79 Å². The predicted molar refractivity (Wildman–Crippen MR) is 87.6 cm³/mol. The molecule has 1 saturated carbocycles. The zero-order chi connectivity index (χ0) is 14.7. The SMILES string of the molecule is O=c1cnc(Br)cn1Cc1ccc(C2CCCCC2)cc1. The molecule has 4 heteroatoms. The molecule has 0 spiro atoms. The number of rotatable bonds is 3. The molecule has 0 bridgehead atoms. The summed E-state index contributed by atoms with van der Waals surface area (Å²) < 4.78 is 2.35. The maximum absolute atomic E-state index is 11.8. The second kappa shape index (κ2) is 6.56. The molecule has 0 N–H and O–H groups in total. The van der Waals surface area contributed by atoms with E-state index in [1.165, 1.54) is 43.9 Å². The highest BCUT2D eigenvalue weighted by Gasteiger charge is 2.15. The topological polar surface area (TPSA) is 34.9 Å². The van der Waals surface area contributed by atoms with Crippen LogP contribution in [0.3, 0.4) is 0 Å². The smallest absolute Gasteiger partial charge is 0.269 e. The van der Waals surface area contributed by atoms with Gasteiger partial charge in [-0.2, -0.15) is 0 Å². The minimum atomic E-state index is -0.0745. The Hall–Kier alpha value is -1.42. The molecule has 1 fully saturated rings. The average molecular weight is 347 g/mol. The molecule has 2 aromatic rings. The molecule has 1 aromatic heterocycles. The molecule has 0 atom stereocenters. The second-order valence-electron chi connectivity index (χ2n) is 5.75. The Kier molecular flexibility index (Phi) is 4.54. The van der Waals surface area contributed by atoms with Crippen molar-refractivity contribution in [2.75, 3.05) is 0 Å². The number of hydrogen-bond donors (Lipinski definition) is 0. The molecule has 1 aromatic carbocycles. The maximum atomic E-state index is 11.8. The fourth-order valence-electron chi connectivity index (χ4n) is 3.07. The normalized spacial score (nSPS) is 16.0. The van der Waals surface area contributed by atoms with E-state index in [1.807, 2.05) is 0 Å². The van der Waals surface area contributed by atoms with Crippen LogP contribution in [0.25, 0.3) is 0 Å². The lowest BCUT2D eigenvalue weighted by atomic mass is 9.84. The molecular formula is C17H19BrN2O. The second-order valence-corrected chi connectivity index (χ2v) is 6.57. The first-order valence-corrected chi connectivity index (χ1v) is 8.32. The lowest BCUT2D eigenvalue weighted by Gasteiger charge is -2.22. The molecule has 0 saturated heterocycles. The Morgan fingerprint density at radius 1 is 1.14 bits per heavy atom. The quantitative estimate of drug-likeness (QED) is 0.838. The van der Waals surface area contributed by atoms with Gasteiger partial charge >= 0.3 is 0 Å². The van der Waals surface area contributed by atoms with Crippen LogP contribution in [0.15, 0.2) is 46.1 Å². The lowest BCUT2D eigenvalue weighted by Crippen LogP contribution is -2.19. The maximum Gasteiger partial charge on any atom is 0.269 e. The molecule has 0 unspecified atom stereocenters. The van der Waals surface area contributed by atoms with Gasteiger partial charge < -0.3 is 4.57 Å². The molecule has 0 radical (unpaired) electrons. The van der Waals surface area contributed by atoms with E-state index in [2.05, 4.69) is 45.2 Å². The van der Waals surface area contributed by atoms with Gasteiger partial charge in [-0.3, -0.25) is 4.79 Å². The third-order valence-electron chi connectivity index (χ3n) is 4.25. The molecular weight excluding hydrogens is 328 g/mol. The van der Waals surface area contributed by atoms with Crippen molar-refractivity contribution in [3.05, 3.63) is 62.7 Å². The summed E-state index contributed by atoms with van der Waals surface area (Å²) in [7, 11) is 0. The number of nitrogens with zero attached hydrogens (tertiary/aromatic N) is 2. The van der Waals surface area contributed by atoms with E-state index in [4.69, 9.17) is 0 Å². The van der Waals surface area contributed by atoms with Crippen molar-refractivity contribution >= 4 is 15.9 Å². The van der Waals surface area contributed by atoms with Crippen LogP contribution in [-0.4, -0.2) is 9.55 Å². The van der Waals surface area contributed by atoms with E-state index in [1.54, 1.807) is 10.8 Å². The molecule has 1 heterocycles. The summed E-state index contributed by atoms with van der Waals surface area (Å²) in [6, 6.07) is 8.74. The summed E-state index contributed by atoms with van der Waals surface area (Å²) in [5.41, 5.74) is 2.52. The largest absolute Gasteiger partial charge is 0.307 e. The van der Waals surface area contributed by atoms with Gasteiger partial charge in [0, 0.05) is 6.20 Å². The van der Waals surface area contributed by atoms with Crippen molar-refractivity contribution in [3.63, 3.8) is 0 Å². The lowest BCUT2D eigenvalue weighted by molar-refractivity contribution is 0.443. The Morgan fingerprint density at radius 2 is 1.86 bits per heavy atom. The van der Waals surface area contributed by atoms with Crippen molar-refractivity contribution in [1.82, 2.24) is 9.55 Å². The van der Waals surface area contributed by atoms with Crippen LogP contribution in [0, 0.1) is 0 Å². The van der Waals surface area contributed by atoms with Gasteiger partial charge in [0.1, 0.15) is 4.60 Å². The van der Waals surface area contributed by atoms with Gasteiger partial charge in [-0.25, -0.2) is 4.98 Å². The molecule has 3 rings (SSSR count). The highest BCUT2D eigenvalue weighted by Crippen LogP contribution is 2.32. The standard InChI is InChI=1S/C17H19BrN2O/c18-16-12-20(17(21)10-19-16)11-13-6-8-15(9-7-13)14-4-2-1-3-5-14/h6-10,12,14H,1-5,11H2. The van der Waals surface area contributed by atoms with Crippen molar-refractivity contribution in [2.45, 2.75) is 44.6 Å². The monoisotopic (exact) mass is 346 g/mol. The molecule has 1 aliphatic rings. The molecule has 0 amide bonds. The van der Waals surface area contributed by atoms with Gasteiger partial charge in [-0.15, -0.1) is 0 Å². The third kappa shape index (κ3) is 3.62. The molecule has 3 nitrogen and oxygen atoms in total. The van der Waals surface area contributed by atoms with E-state index in [-0.39, 0.29) is 5.56 Å². The van der Waals surface area contributed by atoms with E-state index < -0.39 is 0 Å². The van der Waals surface area contributed by atoms with Crippen LogP contribution in [-0.2, 0) is 6.54 Å². The summed E-state index contributed by atoms with van der Waals surface area (Å²) >= 11 is 3.30. The summed E-state index contributed by atoms with van der Waals surface area (Å²) in [6.45, 7) is 0.588. The van der Waals surface area contributed by atoms with E-state index >= 15 is 0 Å². The van der Waals surface area contributed by atoms with Crippen LogP contribution in [0.1, 0.15) is 49.1 Å². The Morgan fingerprint density at radius 3 is 2.57 bits per heavy atom. The minimum Gasteiger partial charge on any atom is -0.307 e. The molecule has 110 valence electrons. The van der Waals surface area contributed by atoms with Crippen LogP contribution in [0.4, 0.5) is 0 Å². The molecule has 21 heavy (non-hydrogen) atoms. The molecule has 0 aliphatic heterocycles. The van der Waals surface area contributed by atoms with Crippen LogP contribution in [0.2, 0.25) is 0 Å². The highest BCUT2D eigenvalue weighted by molar-refractivity contribution is 9.10. The van der Waals surface area contributed by atoms with E-state index in [0.29, 0.717) is 11.1 Å². The van der Waals surface area contributed by atoms with E-state index in [0.717, 1.165) is 11.5 Å². The summed E-state index contributed by atoms with van der Waals surface area (Å²) in [5.74, 6) is 0.727. The number of hydrogen-bond acceptors (Lipinski definition) is 2. The minimum absolute atomic E-state index is 0.0745. The fourth-order valence-corrected chi connectivity index (χ4v) is 3.42. The first-order valence-electron chi connectivity index (χ1n) is 7.53. The first kappa shape index (κ1) is 14.5. The first-order chi connectivity index (χ1) is 10.2. The number of halogens is 1. The summed E-state index contributed by atoms with van der Waals surface area (Å²) in [6.07, 6.45) is 9.80. The van der Waals surface area contributed by atoms with Gasteiger partial charge in [0.15, 0.2) is 0 Å². The fraction of sp³-hybridized carbons (Fsp3) is 0.412. The zero-order valence-electron chi connectivity index (χ0n) is 12.0. The zero-order valence-corrected chi connectivity index (χ0v) is 13.6. The van der Waals surface area contributed by atoms with Crippen molar-refractivity contribution in [3.8, 4) is 0 Å². The van der Waals surface area contributed by atoms with Crippen LogP contribution in [0.5, 0.6) is 0 Å². The van der Waals surface area contributed by atoms with Crippen molar-refractivity contribution < 1.29 is 0 Å². The average Bonchev–Trinajstić information content (AvgIpc) is 2.53.